The van der Waals surface area contributed by atoms with Crippen LogP contribution in [0.15, 0.2) is 186 Å². The molecule has 0 atom stereocenters. The molecule has 0 saturated heterocycles. The monoisotopic (exact) mass is 650 g/mol. The second-order valence-electron chi connectivity index (χ2n) is 13.3. The van der Waals surface area contributed by atoms with Crippen molar-refractivity contribution in [2.24, 2.45) is 0 Å². The van der Waals surface area contributed by atoms with E-state index in [-0.39, 0.29) is 0 Å². The molecule has 0 aliphatic heterocycles. The Balaban J connectivity index is 1.26. The molecular formula is C48H30N2O. The van der Waals surface area contributed by atoms with Crippen LogP contribution in [0.1, 0.15) is 0 Å². The number of furan rings is 1. The van der Waals surface area contributed by atoms with Gasteiger partial charge in [0, 0.05) is 38.0 Å². The van der Waals surface area contributed by atoms with Crippen LogP contribution in [-0.4, -0.2) is 9.13 Å². The zero-order chi connectivity index (χ0) is 33.5. The molecule has 238 valence electrons. The van der Waals surface area contributed by atoms with Gasteiger partial charge in [0.2, 0.25) is 0 Å². The minimum atomic E-state index is 0.886. The number of fused-ring (bicyclic) bond motifs is 9. The highest BCUT2D eigenvalue weighted by Crippen LogP contribution is 2.45. The number of hydrogen-bond acceptors (Lipinski definition) is 1. The molecule has 0 saturated carbocycles. The summed E-state index contributed by atoms with van der Waals surface area (Å²) in [5, 5.41) is 7.17. The van der Waals surface area contributed by atoms with Crippen molar-refractivity contribution in [3.8, 4) is 33.6 Å². The van der Waals surface area contributed by atoms with E-state index in [1.807, 2.05) is 6.07 Å². The van der Waals surface area contributed by atoms with E-state index in [1.165, 1.54) is 49.3 Å². The van der Waals surface area contributed by atoms with Gasteiger partial charge in [-0.3, -0.25) is 0 Å². The number of hydrogen-bond donors (Lipinski definition) is 0. The largest absolute Gasteiger partial charge is 0.454 e. The van der Waals surface area contributed by atoms with Crippen molar-refractivity contribution in [1.29, 1.82) is 0 Å². The van der Waals surface area contributed by atoms with E-state index in [1.54, 1.807) is 0 Å². The zero-order valence-electron chi connectivity index (χ0n) is 27.6. The molecule has 0 N–H and O–H groups in total. The first-order chi connectivity index (χ1) is 25.3. The molecular weight excluding hydrogens is 621 g/mol. The van der Waals surface area contributed by atoms with E-state index in [4.69, 9.17) is 4.42 Å². The Morgan fingerprint density at radius 2 is 0.882 bits per heavy atom. The van der Waals surface area contributed by atoms with Crippen LogP contribution < -0.4 is 0 Å². The summed E-state index contributed by atoms with van der Waals surface area (Å²) in [7, 11) is 0. The third-order valence-corrected chi connectivity index (χ3v) is 10.5. The Bertz CT molecular complexity index is 3130. The van der Waals surface area contributed by atoms with Crippen molar-refractivity contribution in [3.05, 3.63) is 182 Å². The van der Waals surface area contributed by atoms with Gasteiger partial charge in [0.05, 0.1) is 27.8 Å². The lowest BCUT2D eigenvalue weighted by molar-refractivity contribution is 0.666. The Kier molecular flexibility index (Phi) is 5.96. The summed E-state index contributed by atoms with van der Waals surface area (Å²) in [6.07, 6.45) is 0. The molecule has 0 aliphatic carbocycles. The molecule has 0 spiro atoms. The van der Waals surface area contributed by atoms with E-state index in [0.717, 1.165) is 49.9 Å². The van der Waals surface area contributed by atoms with Crippen molar-refractivity contribution in [3.63, 3.8) is 0 Å². The fourth-order valence-electron chi connectivity index (χ4n) is 8.37. The maximum atomic E-state index is 6.74. The minimum absolute atomic E-state index is 0.886. The number of benzene rings is 8. The highest BCUT2D eigenvalue weighted by Gasteiger charge is 2.23. The van der Waals surface area contributed by atoms with Crippen LogP contribution in [0.5, 0.6) is 0 Å². The molecule has 51 heavy (non-hydrogen) atoms. The van der Waals surface area contributed by atoms with Crippen LogP contribution in [0.3, 0.4) is 0 Å². The molecule has 11 rings (SSSR count). The highest BCUT2D eigenvalue weighted by molar-refractivity contribution is 6.23. The van der Waals surface area contributed by atoms with Gasteiger partial charge in [-0.1, -0.05) is 127 Å². The first-order valence-corrected chi connectivity index (χ1v) is 17.4. The first kappa shape index (κ1) is 28.0. The predicted molar refractivity (Wildman–Crippen MR) is 213 cm³/mol. The first-order valence-electron chi connectivity index (χ1n) is 17.4. The van der Waals surface area contributed by atoms with Crippen molar-refractivity contribution < 1.29 is 4.42 Å². The summed E-state index contributed by atoms with van der Waals surface area (Å²) in [6, 6.07) is 65.4. The smallest absolute Gasteiger partial charge is 0.159 e. The maximum Gasteiger partial charge on any atom is 0.159 e. The van der Waals surface area contributed by atoms with Gasteiger partial charge in [0.15, 0.2) is 5.58 Å². The summed E-state index contributed by atoms with van der Waals surface area (Å²) in [4.78, 5) is 0. The molecule has 3 aromatic heterocycles. The second kappa shape index (κ2) is 10.8. The lowest BCUT2D eigenvalue weighted by Crippen LogP contribution is -1.96. The Labute approximate surface area is 293 Å². The van der Waals surface area contributed by atoms with Gasteiger partial charge in [0.1, 0.15) is 5.58 Å². The summed E-state index contributed by atoms with van der Waals surface area (Å²) in [5.74, 6) is 0. The fourth-order valence-corrected chi connectivity index (χ4v) is 8.37. The van der Waals surface area contributed by atoms with Crippen LogP contribution >= 0.6 is 0 Å². The van der Waals surface area contributed by atoms with Crippen molar-refractivity contribution >= 4 is 65.6 Å². The zero-order valence-corrected chi connectivity index (χ0v) is 27.6. The number of para-hydroxylation sites is 4. The van der Waals surface area contributed by atoms with Crippen LogP contribution in [0.25, 0.3) is 99.2 Å². The lowest BCUT2D eigenvalue weighted by atomic mass is 9.95. The van der Waals surface area contributed by atoms with Crippen molar-refractivity contribution in [1.82, 2.24) is 9.13 Å². The normalized spacial score (nSPS) is 11.9. The van der Waals surface area contributed by atoms with Crippen LogP contribution in [0.4, 0.5) is 0 Å². The average molecular weight is 651 g/mol. The van der Waals surface area contributed by atoms with E-state index in [0.29, 0.717) is 0 Å². The Morgan fingerprint density at radius 1 is 0.353 bits per heavy atom. The number of rotatable bonds is 4. The molecule has 3 heterocycles. The van der Waals surface area contributed by atoms with Gasteiger partial charge in [0.25, 0.3) is 0 Å². The van der Waals surface area contributed by atoms with E-state index in [9.17, 15) is 0 Å². The molecule has 3 heteroatoms. The van der Waals surface area contributed by atoms with E-state index >= 15 is 0 Å². The number of nitrogens with zero attached hydrogens (tertiary/aromatic N) is 2. The van der Waals surface area contributed by atoms with Gasteiger partial charge in [-0.15, -0.1) is 0 Å². The molecule has 3 nitrogen and oxygen atoms in total. The highest BCUT2D eigenvalue weighted by atomic mass is 16.3. The van der Waals surface area contributed by atoms with Crippen LogP contribution in [0, 0.1) is 0 Å². The summed E-state index contributed by atoms with van der Waals surface area (Å²) in [6.45, 7) is 0. The SMILES string of the molecule is c1ccc(-c2cc(-n3c4ccccc4c4c(-c5cccc6c5c5ccccc5n6-c5ccccc5)cccc43)c3oc4ccccc4c3c2)cc1. The van der Waals surface area contributed by atoms with E-state index in [2.05, 4.69) is 185 Å². The lowest BCUT2D eigenvalue weighted by Gasteiger charge is -2.12. The number of aromatic nitrogens is 2. The van der Waals surface area contributed by atoms with Crippen LogP contribution in [-0.2, 0) is 0 Å². The maximum absolute atomic E-state index is 6.74. The minimum Gasteiger partial charge on any atom is -0.454 e. The predicted octanol–water partition coefficient (Wildman–Crippen LogP) is 13.1. The third kappa shape index (κ3) is 4.06. The molecule has 0 fully saturated rings. The topological polar surface area (TPSA) is 23.0 Å². The van der Waals surface area contributed by atoms with Gasteiger partial charge < -0.3 is 13.6 Å². The van der Waals surface area contributed by atoms with E-state index < -0.39 is 0 Å². The summed E-state index contributed by atoms with van der Waals surface area (Å²) >= 11 is 0. The molecule has 0 bridgehead atoms. The third-order valence-electron chi connectivity index (χ3n) is 10.5. The molecule has 0 unspecified atom stereocenters. The Hall–Kier alpha value is -6.84. The summed E-state index contributed by atoms with van der Waals surface area (Å²) < 4.78 is 11.5. The molecule has 11 aromatic rings. The molecule has 8 aromatic carbocycles. The second-order valence-corrected chi connectivity index (χ2v) is 13.3. The van der Waals surface area contributed by atoms with Gasteiger partial charge in [-0.2, -0.15) is 0 Å². The van der Waals surface area contributed by atoms with Gasteiger partial charge >= 0.3 is 0 Å². The summed E-state index contributed by atoms with van der Waals surface area (Å²) in [5.41, 5.74) is 13.4. The van der Waals surface area contributed by atoms with Gasteiger partial charge in [-0.25, -0.2) is 0 Å². The average Bonchev–Trinajstić information content (AvgIpc) is 3.86. The van der Waals surface area contributed by atoms with Crippen molar-refractivity contribution in [2.75, 3.05) is 0 Å². The molecule has 0 amide bonds. The standard InChI is InChI=1S/C48H30N2O/c1-3-15-31(16-4-1)32-29-39-34-19-9-12-28-45(34)51-48(39)44(30-32)50-41-25-11-8-21-38(41)47-36(23-14-27-43(47)50)35-22-13-26-42-46(35)37-20-7-10-24-40(37)49(42)33-17-5-2-6-18-33/h1-30H. The molecule has 0 aliphatic rings. The van der Waals surface area contributed by atoms with Gasteiger partial charge in [-0.05, 0) is 76.9 Å². The van der Waals surface area contributed by atoms with Crippen molar-refractivity contribution in [2.45, 2.75) is 0 Å². The Morgan fingerprint density at radius 3 is 1.57 bits per heavy atom. The van der Waals surface area contributed by atoms with Crippen LogP contribution in [0.2, 0.25) is 0 Å². The molecule has 0 radical (unpaired) electrons. The fraction of sp³-hybridized carbons (Fsp3) is 0. The quantitative estimate of drug-likeness (QED) is 0.186.